The molecular weight excluding hydrogens is 709 g/mol. The van der Waals surface area contributed by atoms with Crippen molar-refractivity contribution in [3.63, 3.8) is 0 Å². The van der Waals surface area contributed by atoms with Crippen LogP contribution in [0.1, 0.15) is 32.6 Å². The van der Waals surface area contributed by atoms with Crippen LogP contribution in [0.4, 0.5) is 11.4 Å². The highest BCUT2D eigenvalue weighted by Gasteiger charge is 2.17. The van der Waals surface area contributed by atoms with Gasteiger partial charge in [0.15, 0.2) is 0 Å². The number of benzene rings is 5. The number of amides is 3. The molecule has 0 aliphatic rings. The van der Waals surface area contributed by atoms with E-state index in [1.165, 1.54) is 4.90 Å². The molecule has 0 spiro atoms. The molecule has 3 amide bonds. The average molecular weight is 757 g/mol. The van der Waals surface area contributed by atoms with Crippen molar-refractivity contribution in [2.75, 3.05) is 67.7 Å². The van der Waals surface area contributed by atoms with E-state index in [2.05, 4.69) is 5.32 Å². The van der Waals surface area contributed by atoms with E-state index in [-0.39, 0.29) is 17.7 Å². The zero-order valence-corrected chi connectivity index (χ0v) is 33.0. The topological polar surface area (TPSA) is 133 Å². The Hall–Kier alpha value is -7.01. The lowest BCUT2D eigenvalue weighted by Crippen LogP contribution is -2.22. The molecule has 5 aromatic rings. The Morgan fingerprint density at radius 3 is 1.25 bits per heavy atom. The number of ether oxygens (including phenoxy) is 4. The van der Waals surface area contributed by atoms with E-state index in [0.717, 1.165) is 22.3 Å². The van der Waals surface area contributed by atoms with Gasteiger partial charge < -0.3 is 39.8 Å². The Balaban J connectivity index is 0.000000259. The predicted molar refractivity (Wildman–Crippen MR) is 224 cm³/mol. The Bertz CT molecular complexity index is 2130. The molecular formula is C45H48N4O7. The van der Waals surface area contributed by atoms with Crippen LogP contribution in [0.15, 0.2) is 115 Å². The second-order valence-electron chi connectivity index (χ2n) is 12.8. The van der Waals surface area contributed by atoms with Gasteiger partial charge in [-0.05, 0) is 95.1 Å². The summed E-state index contributed by atoms with van der Waals surface area (Å²) in [5.41, 5.74) is 11.8. The summed E-state index contributed by atoms with van der Waals surface area (Å²) < 4.78 is 21.2. The molecule has 3 N–H and O–H groups in total. The fourth-order valence-electron chi connectivity index (χ4n) is 5.37. The van der Waals surface area contributed by atoms with E-state index >= 15 is 0 Å². The maximum Gasteiger partial charge on any atom is 0.255 e. The largest absolute Gasteiger partial charge is 0.497 e. The van der Waals surface area contributed by atoms with E-state index in [1.54, 1.807) is 116 Å². The maximum atomic E-state index is 12.9. The molecule has 0 aliphatic heterocycles. The van der Waals surface area contributed by atoms with Gasteiger partial charge in [-0.2, -0.15) is 0 Å². The summed E-state index contributed by atoms with van der Waals surface area (Å²) in [6, 6.07) is 34.3. The lowest BCUT2D eigenvalue weighted by Gasteiger charge is -2.15. The minimum absolute atomic E-state index is 0.0958. The van der Waals surface area contributed by atoms with Crippen LogP contribution >= 0.6 is 0 Å². The van der Waals surface area contributed by atoms with Crippen LogP contribution < -0.4 is 30.0 Å². The Morgan fingerprint density at radius 2 is 0.893 bits per heavy atom. The van der Waals surface area contributed by atoms with Crippen LogP contribution in [0.5, 0.6) is 23.0 Å². The Kier molecular flexibility index (Phi) is 14.8. The molecule has 5 aromatic carbocycles. The van der Waals surface area contributed by atoms with Gasteiger partial charge in [-0.15, -0.1) is 0 Å². The van der Waals surface area contributed by atoms with Crippen LogP contribution in [0.25, 0.3) is 23.3 Å². The van der Waals surface area contributed by atoms with Crippen molar-refractivity contribution < 1.29 is 33.3 Å². The van der Waals surface area contributed by atoms with E-state index in [4.69, 9.17) is 24.7 Å². The summed E-state index contributed by atoms with van der Waals surface area (Å²) in [5, 5.41) is 2.87. The van der Waals surface area contributed by atoms with E-state index in [0.29, 0.717) is 51.1 Å². The molecule has 11 nitrogen and oxygen atoms in total. The van der Waals surface area contributed by atoms with Gasteiger partial charge in [0.2, 0.25) is 0 Å². The van der Waals surface area contributed by atoms with Crippen molar-refractivity contribution in [1.29, 1.82) is 0 Å². The van der Waals surface area contributed by atoms with E-state index in [1.807, 2.05) is 72.8 Å². The number of nitrogens with zero attached hydrogens (tertiary/aromatic N) is 2. The molecule has 0 unspecified atom stereocenters. The quantitative estimate of drug-likeness (QED) is 0.0760. The maximum absolute atomic E-state index is 12.9. The van der Waals surface area contributed by atoms with Crippen LogP contribution in [-0.4, -0.2) is 84.2 Å². The number of anilines is 2. The van der Waals surface area contributed by atoms with Gasteiger partial charge in [0.05, 0.1) is 28.4 Å². The summed E-state index contributed by atoms with van der Waals surface area (Å²) in [7, 11) is 13.2. The first-order chi connectivity index (χ1) is 26.8. The number of nitrogens with two attached hydrogens (primary N) is 1. The summed E-state index contributed by atoms with van der Waals surface area (Å²) in [5.74, 6) is 2.15. The minimum Gasteiger partial charge on any atom is -0.497 e. The van der Waals surface area contributed by atoms with E-state index in [9.17, 15) is 14.4 Å². The number of carbonyl (C=O) groups is 3. The monoisotopic (exact) mass is 756 g/mol. The van der Waals surface area contributed by atoms with Gasteiger partial charge in [0.25, 0.3) is 17.7 Å². The number of nitrogens with one attached hydrogen (secondary N) is 1. The Morgan fingerprint density at radius 1 is 0.518 bits per heavy atom. The van der Waals surface area contributed by atoms with Crippen molar-refractivity contribution in [1.82, 2.24) is 9.80 Å². The van der Waals surface area contributed by atoms with E-state index < -0.39 is 0 Å². The molecule has 0 aromatic heterocycles. The smallest absolute Gasteiger partial charge is 0.255 e. The molecule has 5 rings (SSSR count). The van der Waals surface area contributed by atoms with Crippen molar-refractivity contribution in [2.45, 2.75) is 0 Å². The van der Waals surface area contributed by atoms with Gasteiger partial charge in [-0.25, -0.2) is 0 Å². The zero-order valence-electron chi connectivity index (χ0n) is 33.0. The number of nitrogen functional groups attached to an aromatic ring is 1. The van der Waals surface area contributed by atoms with Gasteiger partial charge in [0, 0.05) is 68.4 Å². The molecule has 0 radical (unpaired) electrons. The molecule has 0 fully saturated rings. The number of carbonyl (C=O) groups excluding carboxylic acids is 3. The number of hydrogen-bond donors (Lipinski definition) is 2. The van der Waals surface area contributed by atoms with Crippen LogP contribution in [-0.2, 0) is 9.59 Å². The molecule has 0 atom stereocenters. The van der Waals surface area contributed by atoms with Crippen molar-refractivity contribution in [2.24, 2.45) is 0 Å². The van der Waals surface area contributed by atoms with Crippen LogP contribution in [0.2, 0.25) is 0 Å². The number of hydrogen-bond acceptors (Lipinski definition) is 8. The van der Waals surface area contributed by atoms with Crippen molar-refractivity contribution in [3.05, 3.63) is 143 Å². The molecule has 0 saturated heterocycles. The second-order valence-corrected chi connectivity index (χ2v) is 12.8. The summed E-state index contributed by atoms with van der Waals surface area (Å²) >= 11 is 0. The molecule has 0 aliphatic carbocycles. The highest BCUT2D eigenvalue weighted by Crippen LogP contribution is 2.29. The number of likely N-dealkylation sites (N-methyl/N-ethyl adjacent to an activating group) is 2. The van der Waals surface area contributed by atoms with Crippen LogP contribution in [0.3, 0.4) is 0 Å². The lowest BCUT2D eigenvalue weighted by molar-refractivity contribution is -0.123. The van der Waals surface area contributed by atoms with Crippen molar-refractivity contribution >= 4 is 52.4 Å². The standard InChI is InChI=1S/C26H26N2O4.C19H22N2O3/c1-28(2)26(30)24(16-18-14-22(31-3)17-23(15-18)32-4)19-10-12-21(13-11-19)27-25(29)20-8-6-5-7-9-20;1-21(2)19(22)18(14-5-7-15(20)8-6-14)11-13-9-16(23-3)12-17(10-13)24-4/h5-17H,1-4H3,(H,27,29);5-12H,20H2,1-4H3/b24-16+;18-11+. The zero-order chi connectivity index (χ0) is 40.8. The first-order valence-electron chi connectivity index (χ1n) is 17.5. The molecule has 0 heterocycles. The van der Waals surface area contributed by atoms with Gasteiger partial charge >= 0.3 is 0 Å². The van der Waals surface area contributed by atoms with Gasteiger partial charge in [-0.1, -0.05) is 42.5 Å². The minimum atomic E-state index is -0.193. The highest BCUT2D eigenvalue weighted by atomic mass is 16.5. The lowest BCUT2D eigenvalue weighted by atomic mass is 10.0. The first-order valence-corrected chi connectivity index (χ1v) is 17.5. The third-order valence-corrected chi connectivity index (χ3v) is 8.35. The molecule has 290 valence electrons. The summed E-state index contributed by atoms with van der Waals surface area (Å²) in [4.78, 5) is 41.0. The number of methoxy groups -OCH3 is 4. The molecule has 11 heteroatoms. The normalized spacial score (nSPS) is 11.0. The average Bonchev–Trinajstić information content (AvgIpc) is 3.22. The fraction of sp³-hybridized carbons (Fsp3) is 0.178. The number of rotatable bonds is 12. The fourth-order valence-corrected chi connectivity index (χ4v) is 5.37. The molecule has 0 bridgehead atoms. The van der Waals surface area contributed by atoms with Crippen LogP contribution in [0, 0.1) is 0 Å². The van der Waals surface area contributed by atoms with Crippen molar-refractivity contribution in [3.8, 4) is 23.0 Å². The van der Waals surface area contributed by atoms with Gasteiger partial charge in [-0.3, -0.25) is 14.4 Å². The SMILES string of the molecule is COc1cc(/C=C(/C(=O)N(C)C)c2ccc(N)cc2)cc(OC)c1.COc1cc(/C=C(/C(=O)N(C)C)c2ccc(NC(=O)c3ccccc3)cc2)cc(OC)c1. The van der Waals surface area contributed by atoms with Gasteiger partial charge in [0.1, 0.15) is 23.0 Å². The molecule has 56 heavy (non-hydrogen) atoms. The second kappa shape index (κ2) is 19.9. The molecule has 0 saturated carbocycles. The first kappa shape index (κ1) is 41.7. The third kappa shape index (κ3) is 11.5. The predicted octanol–water partition coefficient (Wildman–Crippen LogP) is 7.50. The highest BCUT2D eigenvalue weighted by molar-refractivity contribution is 6.24. The third-order valence-electron chi connectivity index (χ3n) is 8.35. The summed E-state index contributed by atoms with van der Waals surface area (Å²) in [6.07, 6.45) is 3.61. The Labute approximate surface area is 328 Å². The summed E-state index contributed by atoms with van der Waals surface area (Å²) in [6.45, 7) is 0.